The molecule has 2 aromatic carbocycles. The number of nitrogens with two attached hydrogens (primary N) is 1. The van der Waals surface area contributed by atoms with Gasteiger partial charge in [0, 0.05) is 0 Å². The summed E-state index contributed by atoms with van der Waals surface area (Å²) in [6, 6.07) is 14.6. The molecule has 1 atom stereocenters. The number of para-hydroxylation sites is 1. The van der Waals surface area contributed by atoms with Gasteiger partial charge in [-0.25, -0.2) is 0 Å². The Bertz CT molecular complexity index is 561. The summed E-state index contributed by atoms with van der Waals surface area (Å²) < 4.78 is 5.41. The quantitative estimate of drug-likeness (QED) is 0.648. The van der Waals surface area contributed by atoms with Crippen LogP contribution in [0.25, 0.3) is 0 Å². The zero-order chi connectivity index (χ0) is 14.5. The largest absolute Gasteiger partial charge is 0.496 e. The van der Waals surface area contributed by atoms with Crippen LogP contribution >= 0.6 is 0 Å². The van der Waals surface area contributed by atoms with E-state index in [1.165, 1.54) is 16.7 Å². The van der Waals surface area contributed by atoms with E-state index in [-0.39, 0.29) is 6.04 Å². The van der Waals surface area contributed by atoms with Crippen molar-refractivity contribution >= 4 is 0 Å². The Balaban J connectivity index is 2.28. The average molecular weight is 270 g/mol. The van der Waals surface area contributed by atoms with Gasteiger partial charge in [-0.05, 0) is 37.5 Å². The third kappa shape index (κ3) is 3.38. The first-order valence-corrected chi connectivity index (χ1v) is 6.80. The second kappa shape index (κ2) is 6.55. The van der Waals surface area contributed by atoms with Crippen LogP contribution < -0.4 is 16.0 Å². The Morgan fingerprint density at radius 3 is 2.35 bits per heavy atom. The molecule has 0 aliphatic carbocycles. The summed E-state index contributed by atoms with van der Waals surface area (Å²) in [4.78, 5) is 0. The molecule has 0 spiro atoms. The second-order valence-electron chi connectivity index (χ2n) is 5.16. The topological polar surface area (TPSA) is 47.3 Å². The normalized spacial score (nSPS) is 12.2. The Morgan fingerprint density at radius 2 is 1.75 bits per heavy atom. The van der Waals surface area contributed by atoms with Crippen LogP contribution in [-0.2, 0) is 6.42 Å². The molecule has 2 rings (SSSR count). The van der Waals surface area contributed by atoms with Crippen molar-refractivity contribution in [2.45, 2.75) is 26.3 Å². The van der Waals surface area contributed by atoms with Gasteiger partial charge in [0.05, 0.1) is 13.2 Å². The third-order valence-corrected chi connectivity index (χ3v) is 3.46. The predicted octanol–water partition coefficient (Wildman–Crippen LogP) is 3.06. The van der Waals surface area contributed by atoms with Crippen molar-refractivity contribution in [1.29, 1.82) is 0 Å². The van der Waals surface area contributed by atoms with Crippen LogP contribution in [0.5, 0.6) is 5.75 Å². The maximum Gasteiger partial charge on any atom is 0.122 e. The molecule has 3 N–H and O–H groups in total. The van der Waals surface area contributed by atoms with Crippen molar-refractivity contribution < 1.29 is 4.74 Å². The number of benzene rings is 2. The average Bonchev–Trinajstić information content (AvgIpc) is 2.44. The predicted molar refractivity (Wildman–Crippen MR) is 82.7 cm³/mol. The lowest BCUT2D eigenvalue weighted by molar-refractivity contribution is 0.405. The minimum atomic E-state index is 0.0740. The van der Waals surface area contributed by atoms with Gasteiger partial charge in [0.25, 0.3) is 0 Å². The first-order chi connectivity index (χ1) is 9.63. The van der Waals surface area contributed by atoms with E-state index in [1.54, 1.807) is 7.11 Å². The van der Waals surface area contributed by atoms with Crippen molar-refractivity contribution in [2.75, 3.05) is 7.11 Å². The Morgan fingerprint density at radius 1 is 1.10 bits per heavy atom. The van der Waals surface area contributed by atoms with Crippen molar-refractivity contribution in [3.63, 3.8) is 0 Å². The number of hydrazine groups is 1. The first-order valence-electron chi connectivity index (χ1n) is 6.80. The molecule has 106 valence electrons. The smallest absolute Gasteiger partial charge is 0.122 e. The van der Waals surface area contributed by atoms with Crippen LogP contribution in [0.4, 0.5) is 0 Å². The van der Waals surface area contributed by atoms with Crippen molar-refractivity contribution in [3.05, 3.63) is 64.7 Å². The number of rotatable bonds is 5. The van der Waals surface area contributed by atoms with Crippen molar-refractivity contribution in [2.24, 2.45) is 5.84 Å². The van der Waals surface area contributed by atoms with E-state index in [1.807, 2.05) is 18.2 Å². The highest BCUT2D eigenvalue weighted by atomic mass is 16.5. The van der Waals surface area contributed by atoms with Gasteiger partial charge >= 0.3 is 0 Å². The summed E-state index contributed by atoms with van der Waals surface area (Å²) in [6.45, 7) is 4.21. The molecule has 0 saturated carbocycles. The maximum absolute atomic E-state index is 5.75. The summed E-state index contributed by atoms with van der Waals surface area (Å²) in [5, 5.41) is 0. The number of aryl methyl sites for hydroxylation is 2. The van der Waals surface area contributed by atoms with Crippen LogP contribution in [0.2, 0.25) is 0 Å². The molecule has 0 aliphatic rings. The van der Waals surface area contributed by atoms with Gasteiger partial charge in [0.15, 0.2) is 0 Å². The van der Waals surface area contributed by atoms with E-state index in [2.05, 4.69) is 43.5 Å². The van der Waals surface area contributed by atoms with Gasteiger partial charge in [-0.1, -0.05) is 47.5 Å². The molecule has 1 unspecified atom stereocenters. The molecular formula is C17H22N2O. The lowest BCUT2D eigenvalue weighted by Crippen LogP contribution is -2.29. The Hall–Kier alpha value is -1.84. The van der Waals surface area contributed by atoms with Crippen LogP contribution in [0, 0.1) is 13.8 Å². The van der Waals surface area contributed by atoms with Crippen LogP contribution in [0.1, 0.15) is 28.3 Å². The van der Waals surface area contributed by atoms with Gasteiger partial charge in [-0.2, -0.15) is 0 Å². The maximum atomic E-state index is 5.75. The number of methoxy groups -OCH3 is 1. The molecule has 0 heterocycles. The molecule has 2 aromatic rings. The Kier molecular flexibility index (Phi) is 4.77. The van der Waals surface area contributed by atoms with Gasteiger partial charge in [-0.15, -0.1) is 0 Å². The van der Waals surface area contributed by atoms with Gasteiger partial charge in [0.1, 0.15) is 5.75 Å². The van der Waals surface area contributed by atoms with Gasteiger partial charge < -0.3 is 4.74 Å². The molecule has 20 heavy (non-hydrogen) atoms. The summed E-state index contributed by atoms with van der Waals surface area (Å²) in [6.07, 6.45) is 0.795. The molecule has 3 nitrogen and oxygen atoms in total. The first kappa shape index (κ1) is 14.6. The molecule has 0 radical (unpaired) electrons. The van der Waals surface area contributed by atoms with Crippen LogP contribution in [0.15, 0.2) is 42.5 Å². The highest BCUT2D eigenvalue weighted by Gasteiger charge is 2.13. The third-order valence-electron chi connectivity index (χ3n) is 3.46. The molecule has 0 amide bonds. The van der Waals surface area contributed by atoms with Crippen LogP contribution in [0.3, 0.4) is 0 Å². The zero-order valence-corrected chi connectivity index (χ0v) is 12.3. The van der Waals surface area contributed by atoms with Crippen LogP contribution in [-0.4, -0.2) is 7.11 Å². The summed E-state index contributed by atoms with van der Waals surface area (Å²) in [7, 11) is 1.69. The fourth-order valence-electron chi connectivity index (χ4n) is 2.58. The number of ether oxygens (including phenoxy) is 1. The fourth-order valence-corrected chi connectivity index (χ4v) is 2.58. The van der Waals surface area contributed by atoms with E-state index in [0.29, 0.717) is 0 Å². The second-order valence-corrected chi connectivity index (χ2v) is 5.16. The lowest BCUT2D eigenvalue weighted by atomic mass is 9.96. The van der Waals surface area contributed by atoms with E-state index in [4.69, 9.17) is 10.6 Å². The monoisotopic (exact) mass is 270 g/mol. The molecule has 0 fully saturated rings. The number of hydrogen-bond donors (Lipinski definition) is 2. The molecular weight excluding hydrogens is 248 g/mol. The van der Waals surface area contributed by atoms with E-state index in [0.717, 1.165) is 17.7 Å². The van der Waals surface area contributed by atoms with Crippen molar-refractivity contribution in [1.82, 2.24) is 5.43 Å². The summed E-state index contributed by atoms with van der Waals surface area (Å²) >= 11 is 0. The summed E-state index contributed by atoms with van der Waals surface area (Å²) in [5.41, 5.74) is 7.77. The molecule has 0 bridgehead atoms. The number of hydrogen-bond acceptors (Lipinski definition) is 3. The van der Waals surface area contributed by atoms with Gasteiger partial charge in [0.2, 0.25) is 0 Å². The fraction of sp³-hybridized carbons (Fsp3) is 0.294. The molecule has 0 aromatic heterocycles. The molecule has 3 heteroatoms. The van der Waals surface area contributed by atoms with Crippen molar-refractivity contribution in [3.8, 4) is 5.75 Å². The zero-order valence-electron chi connectivity index (χ0n) is 12.3. The minimum Gasteiger partial charge on any atom is -0.496 e. The minimum absolute atomic E-state index is 0.0740. The standard InChI is InChI=1S/C17H22N2O/c1-12-8-13(2)10-15(9-12)16(19-18)11-14-6-4-5-7-17(14)20-3/h4-10,16,19H,11,18H2,1-3H3. The molecule has 0 aliphatic heterocycles. The molecule has 0 saturated heterocycles. The van der Waals surface area contributed by atoms with E-state index in [9.17, 15) is 0 Å². The van der Waals surface area contributed by atoms with E-state index >= 15 is 0 Å². The number of nitrogens with one attached hydrogen (secondary N) is 1. The Labute approximate surface area is 120 Å². The SMILES string of the molecule is COc1ccccc1CC(NN)c1cc(C)cc(C)c1. The highest BCUT2D eigenvalue weighted by Crippen LogP contribution is 2.25. The van der Waals surface area contributed by atoms with Gasteiger partial charge in [-0.3, -0.25) is 11.3 Å². The van der Waals surface area contributed by atoms with E-state index < -0.39 is 0 Å². The highest BCUT2D eigenvalue weighted by molar-refractivity contribution is 5.36. The summed E-state index contributed by atoms with van der Waals surface area (Å²) in [5.74, 6) is 6.65. The lowest BCUT2D eigenvalue weighted by Gasteiger charge is -2.19.